The topological polar surface area (TPSA) is 42.2 Å². The lowest BCUT2D eigenvalue weighted by atomic mass is 9.93. The van der Waals surface area contributed by atoms with Gasteiger partial charge in [0.05, 0.1) is 0 Å². The minimum Gasteiger partial charge on any atom is -0.324 e. The first-order chi connectivity index (χ1) is 7.83. The quantitative estimate of drug-likeness (QED) is 0.787. The van der Waals surface area contributed by atoms with Gasteiger partial charge >= 0.3 is 6.01 Å². The van der Waals surface area contributed by atoms with Crippen molar-refractivity contribution in [3.05, 3.63) is 5.82 Å². The van der Waals surface area contributed by atoms with Gasteiger partial charge in [0, 0.05) is 19.5 Å². The average Bonchev–Trinajstić information content (AvgIpc) is 2.79. The molecule has 16 heavy (non-hydrogen) atoms. The van der Waals surface area contributed by atoms with Crippen LogP contribution in [0, 0.1) is 5.92 Å². The van der Waals surface area contributed by atoms with Crippen molar-refractivity contribution < 1.29 is 4.52 Å². The third-order valence-electron chi connectivity index (χ3n) is 3.36. The highest BCUT2D eigenvalue weighted by Crippen LogP contribution is 2.24. The van der Waals surface area contributed by atoms with Gasteiger partial charge in [-0.3, -0.25) is 0 Å². The molecule has 1 aromatic rings. The highest BCUT2D eigenvalue weighted by molar-refractivity contribution is 5.25. The molecule has 1 fully saturated rings. The van der Waals surface area contributed by atoms with Crippen LogP contribution in [0.1, 0.15) is 45.4 Å². The molecule has 0 saturated carbocycles. The van der Waals surface area contributed by atoms with Crippen LogP contribution in [-0.2, 0) is 6.42 Å². The molecule has 0 radical (unpaired) electrons. The minimum absolute atomic E-state index is 0.715. The predicted octanol–water partition coefficient (Wildman–Crippen LogP) is 2.65. The van der Waals surface area contributed by atoms with Gasteiger partial charge in [-0.25, -0.2) is 0 Å². The Bertz CT molecular complexity index is 316. The maximum atomic E-state index is 5.26. The maximum Gasteiger partial charge on any atom is 0.324 e. The summed E-state index contributed by atoms with van der Waals surface area (Å²) >= 11 is 0. The van der Waals surface area contributed by atoms with Gasteiger partial charge in [0.15, 0.2) is 5.82 Å². The smallest absolute Gasteiger partial charge is 0.324 e. The van der Waals surface area contributed by atoms with Gasteiger partial charge < -0.3 is 9.42 Å². The summed E-state index contributed by atoms with van der Waals surface area (Å²) in [6.07, 6.45) is 6.02. The number of nitrogens with zero attached hydrogens (tertiary/aromatic N) is 3. The van der Waals surface area contributed by atoms with Gasteiger partial charge in [0.2, 0.25) is 0 Å². The second-order valence-electron chi connectivity index (χ2n) is 4.57. The Labute approximate surface area is 97.0 Å². The first-order valence-corrected chi connectivity index (χ1v) is 6.41. The molecule has 4 nitrogen and oxygen atoms in total. The summed E-state index contributed by atoms with van der Waals surface area (Å²) in [5.41, 5.74) is 0. The van der Waals surface area contributed by atoms with E-state index in [-0.39, 0.29) is 0 Å². The Balaban J connectivity index is 1.88. The van der Waals surface area contributed by atoms with Gasteiger partial charge in [0.25, 0.3) is 0 Å². The van der Waals surface area contributed by atoms with Crippen LogP contribution in [-0.4, -0.2) is 23.2 Å². The zero-order valence-corrected chi connectivity index (χ0v) is 10.3. The van der Waals surface area contributed by atoms with Crippen LogP contribution in [0.5, 0.6) is 0 Å². The van der Waals surface area contributed by atoms with Gasteiger partial charge in [-0.2, -0.15) is 4.98 Å². The van der Waals surface area contributed by atoms with E-state index in [1.165, 1.54) is 25.7 Å². The van der Waals surface area contributed by atoms with E-state index in [2.05, 4.69) is 22.0 Å². The first kappa shape index (κ1) is 11.4. The summed E-state index contributed by atoms with van der Waals surface area (Å²) in [7, 11) is 0. The molecule has 0 aromatic carbocycles. The molecule has 1 aromatic heterocycles. The zero-order chi connectivity index (χ0) is 11.4. The van der Waals surface area contributed by atoms with E-state index in [4.69, 9.17) is 4.52 Å². The van der Waals surface area contributed by atoms with E-state index in [1.54, 1.807) is 0 Å². The van der Waals surface area contributed by atoms with Crippen molar-refractivity contribution in [3.63, 3.8) is 0 Å². The number of hydrogen-bond donors (Lipinski definition) is 0. The number of anilines is 1. The molecule has 1 aliphatic heterocycles. The van der Waals surface area contributed by atoms with Crippen LogP contribution in [0.4, 0.5) is 6.01 Å². The lowest BCUT2D eigenvalue weighted by Gasteiger charge is -2.30. The fourth-order valence-corrected chi connectivity index (χ4v) is 2.34. The maximum absolute atomic E-state index is 5.26. The lowest BCUT2D eigenvalue weighted by molar-refractivity contribution is 0.347. The second kappa shape index (κ2) is 5.32. The molecule has 0 aliphatic carbocycles. The first-order valence-electron chi connectivity index (χ1n) is 6.41. The molecule has 0 unspecified atom stereocenters. The molecule has 0 N–H and O–H groups in total. The fraction of sp³-hybridized carbons (Fsp3) is 0.833. The van der Waals surface area contributed by atoms with Crippen molar-refractivity contribution in [2.24, 2.45) is 5.92 Å². The number of rotatable bonds is 4. The molecule has 0 spiro atoms. The van der Waals surface area contributed by atoms with E-state index >= 15 is 0 Å². The predicted molar refractivity (Wildman–Crippen MR) is 63.5 cm³/mol. The monoisotopic (exact) mass is 223 g/mol. The van der Waals surface area contributed by atoms with Crippen molar-refractivity contribution in [1.29, 1.82) is 0 Å². The number of aromatic nitrogens is 2. The number of hydrogen-bond acceptors (Lipinski definition) is 4. The summed E-state index contributed by atoms with van der Waals surface area (Å²) in [6, 6.07) is 0.715. The van der Waals surface area contributed by atoms with Crippen LogP contribution in [0.15, 0.2) is 4.52 Å². The Hall–Kier alpha value is -1.06. The highest BCUT2D eigenvalue weighted by Gasteiger charge is 2.22. The third-order valence-corrected chi connectivity index (χ3v) is 3.36. The van der Waals surface area contributed by atoms with Crippen molar-refractivity contribution in [3.8, 4) is 0 Å². The SMILES string of the molecule is CCCC1CCN(c2nc(CC)no2)CC1. The van der Waals surface area contributed by atoms with Crippen LogP contribution in [0.2, 0.25) is 0 Å². The van der Waals surface area contributed by atoms with Gasteiger partial charge in [0.1, 0.15) is 0 Å². The van der Waals surface area contributed by atoms with Crippen molar-refractivity contribution in [2.45, 2.75) is 46.0 Å². The Morgan fingerprint density at radius 2 is 2.06 bits per heavy atom. The van der Waals surface area contributed by atoms with Crippen molar-refractivity contribution >= 4 is 6.01 Å². The summed E-state index contributed by atoms with van der Waals surface area (Å²) < 4.78 is 5.26. The Kier molecular flexibility index (Phi) is 3.80. The summed E-state index contributed by atoms with van der Waals surface area (Å²) in [6.45, 7) is 6.44. The molecular formula is C12H21N3O. The normalized spacial score (nSPS) is 18.0. The molecule has 2 rings (SSSR count). The van der Waals surface area contributed by atoms with Gasteiger partial charge in [-0.15, -0.1) is 0 Å². The lowest BCUT2D eigenvalue weighted by Crippen LogP contribution is -2.33. The Morgan fingerprint density at radius 1 is 1.31 bits per heavy atom. The van der Waals surface area contributed by atoms with E-state index in [0.717, 1.165) is 31.3 Å². The standard InChI is InChI=1S/C12H21N3O/c1-3-5-10-6-8-15(9-7-10)12-13-11(4-2)14-16-12/h10H,3-9H2,1-2H3. The van der Waals surface area contributed by atoms with Crippen molar-refractivity contribution in [2.75, 3.05) is 18.0 Å². The summed E-state index contributed by atoms with van der Waals surface area (Å²) in [5.74, 6) is 1.71. The number of aryl methyl sites for hydroxylation is 1. The molecule has 2 heterocycles. The molecule has 1 saturated heterocycles. The Morgan fingerprint density at radius 3 is 2.62 bits per heavy atom. The summed E-state index contributed by atoms with van der Waals surface area (Å²) in [4.78, 5) is 6.59. The molecular weight excluding hydrogens is 202 g/mol. The highest BCUT2D eigenvalue weighted by atomic mass is 16.5. The van der Waals surface area contributed by atoms with Crippen LogP contribution in [0.25, 0.3) is 0 Å². The minimum atomic E-state index is 0.715. The molecule has 1 aliphatic rings. The zero-order valence-electron chi connectivity index (χ0n) is 10.3. The second-order valence-corrected chi connectivity index (χ2v) is 4.57. The average molecular weight is 223 g/mol. The molecule has 0 atom stereocenters. The third kappa shape index (κ3) is 2.54. The van der Waals surface area contributed by atoms with E-state index in [0.29, 0.717) is 6.01 Å². The fourth-order valence-electron chi connectivity index (χ4n) is 2.34. The van der Waals surface area contributed by atoms with Crippen molar-refractivity contribution in [1.82, 2.24) is 10.1 Å². The van der Waals surface area contributed by atoms with E-state index in [9.17, 15) is 0 Å². The van der Waals surface area contributed by atoms with Crippen LogP contribution in [0.3, 0.4) is 0 Å². The molecule has 0 bridgehead atoms. The number of piperidine rings is 1. The molecule has 4 heteroatoms. The van der Waals surface area contributed by atoms with Gasteiger partial charge in [-0.05, 0) is 18.8 Å². The van der Waals surface area contributed by atoms with E-state index in [1.807, 2.05) is 6.92 Å². The van der Waals surface area contributed by atoms with Gasteiger partial charge in [-0.1, -0.05) is 31.8 Å². The summed E-state index contributed by atoms with van der Waals surface area (Å²) in [5, 5.41) is 3.94. The molecule has 90 valence electrons. The molecule has 0 amide bonds. The van der Waals surface area contributed by atoms with E-state index < -0.39 is 0 Å². The van der Waals surface area contributed by atoms with Crippen LogP contribution >= 0.6 is 0 Å². The van der Waals surface area contributed by atoms with Crippen LogP contribution < -0.4 is 4.90 Å². The largest absolute Gasteiger partial charge is 0.324 e.